The fourth-order valence-electron chi connectivity index (χ4n) is 1.98. The summed E-state index contributed by atoms with van der Waals surface area (Å²) >= 11 is 5.83. The lowest BCUT2D eigenvalue weighted by molar-refractivity contribution is 0.139. The Hall–Kier alpha value is -2.04. The quantitative estimate of drug-likeness (QED) is 0.854. The fourth-order valence-corrected chi connectivity index (χ4v) is 2.11. The van der Waals surface area contributed by atoms with Gasteiger partial charge in [-0.3, -0.25) is 0 Å². The van der Waals surface area contributed by atoms with Crippen molar-refractivity contribution < 1.29 is 9.53 Å². The normalized spacial score (nSPS) is 11.7. The summed E-state index contributed by atoms with van der Waals surface area (Å²) in [4.78, 5) is 11.6. The minimum Gasteiger partial charge on any atom is -0.445 e. The molecular formula is C17H19ClN2O2. The number of benzene rings is 2. The zero-order chi connectivity index (χ0) is 15.8. The van der Waals surface area contributed by atoms with E-state index in [0.717, 1.165) is 11.1 Å². The van der Waals surface area contributed by atoms with Crippen LogP contribution in [0.25, 0.3) is 0 Å². The van der Waals surface area contributed by atoms with Gasteiger partial charge in [0.25, 0.3) is 0 Å². The van der Waals surface area contributed by atoms with Gasteiger partial charge in [-0.2, -0.15) is 0 Å². The van der Waals surface area contributed by atoms with Crippen LogP contribution in [0, 0.1) is 0 Å². The minimum absolute atomic E-state index is 0.147. The number of hydrogen-bond donors (Lipinski definition) is 2. The first-order chi connectivity index (χ1) is 10.6. The molecule has 1 unspecified atom stereocenters. The van der Waals surface area contributed by atoms with Crippen molar-refractivity contribution in [3.63, 3.8) is 0 Å². The Balaban J connectivity index is 1.67. The Labute approximate surface area is 135 Å². The standard InChI is InChI=1S/C17H19ClN2O2/c18-15-8-6-14(7-9-15)16(19)10-11-20-17(21)22-12-13-4-2-1-3-5-13/h1-9,16H,10-12,19H2,(H,20,21). The van der Waals surface area contributed by atoms with Crippen molar-refractivity contribution in [2.24, 2.45) is 5.73 Å². The minimum atomic E-state index is -0.438. The van der Waals surface area contributed by atoms with E-state index in [2.05, 4.69) is 5.32 Å². The first kappa shape index (κ1) is 16.3. The van der Waals surface area contributed by atoms with Gasteiger partial charge in [0.1, 0.15) is 6.61 Å². The molecule has 1 amide bonds. The number of amides is 1. The highest BCUT2D eigenvalue weighted by Crippen LogP contribution is 2.16. The maximum absolute atomic E-state index is 11.6. The van der Waals surface area contributed by atoms with Crippen LogP contribution in [0.2, 0.25) is 5.02 Å². The molecule has 3 N–H and O–H groups in total. The van der Waals surface area contributed by atoms with Crippen molar-refractivity contribution in [2.45, 2.75) is 19.1 Å². The molecule has 2 aromatic rings. The molecule has 0 aliphatic heterocycles. The van der Waals surface area contributed by atoms with Crippen molar-refractivity contribution in [1.82, 2.24) is 5.32 Å². The van der Waals surface area contributed by atoms with E-state index in [4.69, 9.17) is 22.1 Å². The van der Waals surface area contributed by atoms with E-state index in [1.54, 1.807) is 12.1 Å². The number of halogens is 1. The smallest absolute Gasteiger partial charge is 0.407 e. The summed E-state index contributed by atoms with van der Waals surface area (Å²) in [6, 6.07) is 16.8. The van der Waals surface area contributed by atoms with Crippen molar-refractivity contribution in [1.29, 1.82) is 0 Å². The molecule has 1 atom stereocenters. The van der Waals surface area contributed by atoms with Gasteiger partial charge in [-0.15, -0.1) is 0 Å². The predicted molar refractivity (Wildman–Crippen MR) is 87.6 cm³/mol. The molecule has 0 radical (unpaired) electrons. The van der Waals surface area contributed by atoms with Crippen molar-refractivity contribution in [3.05, 3.63) is 70.7 Å². The summed E-state index contributed by atoms with van der Waals surface area (Å²) in [5, 5.41) is 3.38. The van der Waals surface area contributed by atoms with Gasteiger partial charge < -0.3 is 15.8 Å². The summed E-state index contributed by atoms with van der Waals surface area (Å²) in [6.07, 6.45) is 0.189. The van der Waals surface area contributed by atoms with Crippen LogP contribution in [-0.2, 0) is 11.3 Å². The van der Waals surface area contributed by atoms with Crippen LogP contribution in [0.4, 0.5) is 4.79 Å². The number of nitrogens with one attached hydrogen (secondary N) is 1. The number of nitrogens with two attached hydrogens (primary N) is 1. The van der Waals surface area contributed by atoms with E-state index < -0.39 is 6.09 Å². The monoisotopic (exact) mass is 318 g/mol. The Morgan fingerprint density at radius 2 is 1.82 bits per heavy atom. The lowest BCUT2D eigenvalue weighted by Crippen LogP contribution is -2.27. The van der Waals surface area contributed by atoms with E-state index in [0.29, 0.717) is 18.0 Å². The lowest BCUT2D eigenvalue weighted by atomic mass is 10.1. The van der Waals surface area contributed by atoms with E-state index >= 15 is 0 Å². The van der Waals surface area contributed by atoms with E-state index in [-0.39, 0.29) is 12.6 Å². The van der Waals surface area contributed by atoms with Gasteiger partial charge in [0.05, 0.1) is 0 Å². The fraction of sp³-hybridized carbons (Fsp3) is 0.235. The van der Waals surface area contributed by atoms with E-state index in [1.165, 1.54) is 0 Å². The molecule has 116 valence electrons. The van der Waals surface area contributed by atoms with Crippen molar-refractivity contribution in [3.8, 4) is 0 Å². The largest absolute Gasteiger partial charge is 0.445 e. The average Bonchev–Trinajstić information content (AvgIpc) is 2.54. The molecule has 2 aromatic carbocycles. The van der Waals surface area contributed by atoms with Gasteiger partial charge in [0.15, 0.2) is 0 Å². The first-order valence-electron chi connectivity index (χ1n) is 7.11. The SMILES string of the molecule is NC(CCNC(=O)OCc1ccccc1)c1ccc(Cl)cc1. The third kappa shape index (κ3) is 5.39. The predicted octanol–water partition coefficient (Wildman–Crippen LogP) is 3.66. The second kappa shape index (κ2) is 8.41. The molecule has 22 heavy (non-hydrogen) atoms. The molecule has 4 nitrogen and oxygen atoms in total. The summed E-state index contributed by atoms with van der Waals surface area (Å²) in [6.45, 7) is 0.716. The number of rotatable bonds is 6. The van der Waals surface area contributed by atoms with Gasteiger partial charge in [-0.05, 0) is 29.7 Å². The van der Waals surface area contributed by atoms with Gasteiger partial charge in [-0.25, -0.2) is 4.79 Å². The van der Waals surface area contributed by atoms with Crippen LogP contribution in [-0.4, -0.2) is 12.6 Å². The first-order valence-corrected chi connectivity index (χ1v) is 7.48. The molecule has 0 bridgehead atoms. The third-order valence-corrected chi connectivity index (χ3v) is 3.49. The van der Waals surface area contributed by atoms with Gasteiger partial charge >= 0.3 is 6.09 Å². The number of ether oxygens (including phenoxy) is 1. The van der Waals surface area contributed by atoms with Crippen LogP contribution >= 0.6 is 11.6 Å². The molecule has 0 aromatic heterocycles. The van der Waals surface area contributed by atoms with Gasteiger partial charge in [0.2, 0.25) is 0 Å². The Morgan fingerprint density at radius 1 is 1.14 bits per heavy atom. The lowest BCUT2D eigenvalue weighted by Gasteiger charge is -2.13. The van der Waals surface area contributed by atoms with Crippen LogP contribution < -0.4 is 11.1 Å². The molecule has 0 aliphatic rings. The van der Waals surface area contributed by atoms with E-state index in [9.17, 15) is 4.79 Å². The second-order valence-corrected chi connectivity index (χ2v) is 5.37. The van der Waals surface area contributed by atoms with Crippen LogP contribution in [0.5, 0.6) is 0 Å². The Morgan fingerprint density at radius 3 is 2.50 bits per heavy atom. The Bertz CT molecular complexity index is 587. The highest BCUT2D eigenvalue weighted by Gasteiger charge is 2.07. The highest BCUT2D eigenvalue weighted by atomic mass is 35.5. The van der Waals surface area contributed by atoms with Crippen molar-refractivity contribution in [2.75, 3.05) is 6.54 Å². The summed E-state index contributed by atoms with van der Waals surface area (Å²) in [5.41, 5.74) is 8.00. The summed E-state index contributed by atoms with van der Waals surface area (Å²) in [5.74, 6) is 0. The zero-order valence-electron chi connectivity index (χ0n) is 12.2. The molecule has 0 saturated heterocycles. The van der Waals surface area contributed by atoms with Crippen molar-refractivity contribution >= 4 is 17.7 Å². The molecular weight excluding hydrogens is 300 g/mol. The van der Waals surface area contributed by atoms with Crippen LogP contribution in [0.3, 0.4) is 0 Å². The zero-order valence-corrected chi connectivity index (χ0v) is 12.9. The molecule has 0 heterocycles. The number of carbonyl (C=O) groups is 1. The molecule has 0 fully saturated rings. The number of alkyl carbamates (subject to hydrolysis) is 1. The van der Waals surface area contributed by atoms with Gasteiger partial charge in [0, 0.05) is 17.6 Å². The molecule has 0 spiro atoms. The second-order valence-electron chi connectivity index (χ2n) is 4.94. The maximum Gasteiger partial charge on any atom is 0.407 e. The number of carbonyl (C=O) groups excluding carboxylic acids is 1. The highest BCUT2D eigenvalue weighted by molar-refractivity contribution is 6.30. The van der Waals surface area contributed by atoms with Crippen LogP contribution in [0.1, 0.15) is 23.6 Å². The van der Waals surface area contributed by atoms with Gasteiger partial charge in [-0.1, -0.05) is 54.1 Å². The number of hydrogen-bond acceptors (Lipinski definition) is 3. The molecule has 0 aliphatic carbocycles. The average molecular weight is 319 g/mol. The van der Waals surface area contributed by atoms with E-state index in [1.807, 2.05) is 42.5 Å². The third-order valence-electron chi connectivity index (χ3n) is 3.24. The topological polar surface area (TPSA) is 64.3 Å². The summed E-state index contributed by atoms with van der Waals surface area (Å²) < 4.78 is 5.12. The van der Waals surface area contributed by atoms with Crippen LogP contribution in [0.15, 0.2) is 54.6 Å². The summed E-state index contributed by atoms with van der Waals surface area (Å²) in [7, 11) is 0. The molecule has 0 saturated carbocycles. The molecule has 5 heteroatoms. The Kier molecular flexibility index (Phi) is 6.25. The molecule has 2 rings (SSSR count). The maximum atomic E-state index is 11.6.